The van der Waals surface area contributed by atoms with E-state index >= 15 is 0 Å². The van der Waals surface area contributed by atoms with Gasteiger partial charge in [-0.2, -0.15) is 5.10 Å². The van der Waals surface area contributed by atoms with Crippen LogP contribution in [0.15, 0.2) is 4.47 Å². The van der Waals surface area contributed by atoms with Gasteiger partial charge in [0.2, 0.25) is 0 Å². The molecule has 20 heavy (non-hydrogen) atoms. The molecule has 0 spiro atoms. The highest BCUT2D eigenvalue weighted by Crippen LogP contribution is 2.24. The van der Waals surface area contributed by atoms with Gasteiger partial charge in [-0.3, -0.25) is 4.68 Å². The van der Waals surface area contributed by atoms with Crippen molar-refractivity contribution in [3.63, 3.8) is 0 Å². The summed E-state index contributed by atoms with van der Waals surface area (Å²) < 4.78 is 26.4. The van der Waals surface area contributed by atoms with Gasteiger partial charge in [0.1, 0.15) is 0 Å². The summed E-state index contributed by atoms with van der Waals surface area (Å²) in [7, 11) is -1.18. The van der Waals surface area contributed by atoms with Crippen LogP contribution in [-0.2, 0) is 29.7 Å². The Morgan fingerprint density at radius 3 is 2.40 bits per heavy atom. The number of hydrogen-bond acceptors (Lipinski definition) is 4. The van der Waals surface area contributed by atoms with Crippen LogP contribution in [0.25, 0.3) is 0 Å². The number of nitrogens with zero attached hydrogens (tertiary/aromatic N) is 2. The fourth-order valence-electron chi connectivity index (χ4n) is 2.21. The van der Waals surface area contributed by atoms with Crippen molar-refractivity contribution in [3.8, 4) is 0 Å². The van der Waals surface area contributed by atoms with Gasteiger partial charge in [-0.05, 0) is 35.8 Å². The first kappa shape index (κ1) is 17.7. The number of halogens is 1. The molecule has 0 aliphatic heterocycles. The standard InChI is InChI=1S/C13H24BrN3O2S/c1-6-10-13(14)12(17(4)16-10)8-11(15-7-2)9(3)20(5,18)19/h9,11,15H,6-8H2,1-5H3. The van der Waals surface area contributed by atoms with E-state index in [0.717, 1.165) is 28.8 Å². The molecule has 0 saturated heterocycles. The molecule has 2 unspecified atom stereocenters. The maximum Gasteiger partial charge on any atom is 0.151 e. The van der Waals surface area contributed by atoms with E-state index in [1.165, 1.54) is 6.26 Å². The Bertz CT molecular complexity index is 554. The molecular weight excluding hydrogens is 342 g/mol. The topological polar surface area (TPSA) is 64.0 Å². The average molecular weight is 366 g/mol. The lowest BCUT2D eigenvalue weighted by Crippen LogP contribution is -2.44. The zero-order chi connectivity index (χ0) is 15.5. The van der Waals surface area contributed by atoms with Gasteiger partial charge in [-0.1, -0.05) is 13.8 Å². The highest BCUT2D eigenvalue weighted by Gasteiger charge is 2.27. The molecule has 1 aromatic heterocycles. The molecule has 0 radical (unpaired) electrons. The zero-order valence-electron chi connectivity index (χ0n) is 12.8. The first-order valence-electron chi connectivity index (χ1n) is 6.84. The Morgan fingerprint density at radius 1 is 1.40 bits per heavy atom. The monoisotopic (exact) mass is 365 g/mol. The number of aryl methyl sites for hydroxylation is 2. The SMILES string of the molecule is CCNC(Cc1c(Br)c(CC)nn1C)C(C)S(C)(=O)=O. The van der Waals surface area contributed by atoms with Crippen LogP contribution < -0.4 is 5.32 Å². The Morgan fingerprint density at radius 2 is 2.00 bits per heavy atom. The summed E-state index contributed by atoms with van der Waals surface area (Å²) in [6, 6.07) is -0.119. The maximum absolute atomic E-state index is 11.8. The predicted molar refractivity (Wildman–Crippen MR) is 85.8 cm³/mol. The van der Waals surface area contributed by atoms with Gasteiger partial charge in [0.15, 0.2) is 9.84 Å². The van der Waals surface area contributed by atoms with Crippen molar-refractivity contribution < 1.29 is 8.42 Å². The van der Waals surface area contributed by atoms with Crippen LogP contribution in [0.1, 0.15) is 32.2 Å². The highest BCUT2D eigenvalue weighted by molar-refractivity contribution is 9.10. The number of sulfone groups is 1. The highest BCUT2D eigenvalue weighted by atomic mass is 79.9. The van der Waals surface area contributed by atoms with Crippen molar-refractivity contribution in [1.29, 1.82) is 0 Å². The molecule has 1 aromatic rings. The first-order valence-corrected chi connectivity index (χ1v) is 9.59. The molecule has 5 nitrogen and oxygen atoms in total. The van der Waals surface area contributed by atoms with Crippen LogP contribution in [0.5, 0.6) is 0 Å². The van der Waals surface area contributed by atoms with Crippen molar-refractivity contribution in [2.75, 3.05) is 12.8 Å². The molecule has 1 heterocycles. The molecular formula is C13H24BrN3O2S. The van der Waals surface area contributed by atoms with Gasteiger partial charge in [0.25, 0.3) is 0 Å². The number of hydrogen-bond donors (Lipinski definition) is 1. The van der Waals surface area contributed by atoms with E-state index in [2.05, 4.69) is 33.3 Å². The van der Waals surface area contributed by atoms with Crippen molar-refractivity contribution in [2.24, 2.45) is 7.05 Å². The summed E-state index contributed by atoms with van der Waals surface area (Å²) in [5, 5.41) is 7.30. The Kier molecular flexibility index (Phi) is 6.22. The van der Waals surface area contributed by atoms with Gasteiger partial charge in [0, 0.05) is 25.8 Å². The molecule has 0 aromatic carbocycles. The van der Waals surface area contributed by atoms with E-state index in [9.17, 15) is 8.42 Å². The molecule has 2 atom stereocenters. The number of aromatic nitrogens is 2. The van der Waals surface area contributed by atoms with E-state index in [1.54, 1.807) is 6.92 Å². The third kappa shape index (κ3) is 4.05. The number of nitrogens with one attached hydrogen (secondary N) is 1. The third-order valence-corrected chi connectivity index (χ3v) is 6.22. The Hall–Kier alpha value is -0.400. The fourth-order valence-corrected chi connectivity index (χ4v) is 3.78. The minimum atomic E-state index is -3.08. The average Bonchev–Trinajstić information content (AvgIpc) is 2.63. The van der Waals surface area contributed by atoms with Crippen molar-refractivity contribution >= 4 is 25.8 Å². The second kappa shape index (κ2) is 7.04. The fraction of sp³-hybridized carbons (Fsp3) is 0.769. The van der Waals surface area contributed by atoms with Gasteiger partial charge >= 0.3 is 0 Å². The van der Waals surface area contributed by atoms with Crippen LogP contribution in [-0.4, -0.2) is 42.3 Å². The van der Waals surface area contributed by atoms with Gasteiger partial charge < -0.3 is 5.32 Å². The second-order valence-electron chi connectivity index (χ2n) is 5.09. The lowest BCUT2D eigenvalue weighted by atomic mass is 10.1. The Labute approximate surface area is 130 Å². The summed E-state index contributed by atoms with van der Waals surface area (Å²) in [6.07, 6.45) is 2.77. The zero-order valence-corrected chi connectivity index (χ0v) is 15.2. The molecule has 0 bridgehead atoms. The predicted octanol–water partition coefficient (Wildman–Crippen LogP) is 1.70. The largest absolute Gasteiger partial charge is 0.313 e. The van der Waals surface area contributed by atoms with Crippen molar-refractivity contribution in [2.45, 2.75) is 44.9 Å². The van der Waals surface area contributed by atoms with E-state index in [4.69, 9.17) is 0 Å². The molecule has 1 rings (SSSR count). The van der Waals surface area contributed by atoms with Crippen molar-refractivity contribution in [1.82, 2.24) is 15.1 Å². The molecule has 1 N–H and O–H groups in total. The van der Waals surface area contributed by atoms with Crippen molar-refractivity contribution in [3.05, 3.63) is 15.9 Å². The molecule has 0 fully saturated rings. The van der Waals surface area contributed by atoms with E-state index in [0.29, 0.717) is 6.42 Å². The summed E-state index contributed by atoms with van der Waals surface area (Å²) in [6.45, 7) is 6.53. The minimum absolute atomic E-state index is 0.119. The van der Waals surface area contributed by atoms with Crippen LogP contribution in [0.2, 0.25) is 0 Å². The van der Waals surface area contributed by atoms with E-state index in [1.807, 2.05) is 18.7 Å². The van der Waals surface area contributed by atoms with Crippen LogP contribution in [0.3, 0.4) is 0 Å². The first-order chi connectivity index (χ1) is 9.22. The van der Waals surface area contributed by atoms with E-state index in [-0.39, 0.29) is 6.04 Å². The van der Waals surface area contributed by atoms with Crippen LogP contribution in [0, 0.1) is 0 Å². The summed E-state index contributed by atoms with van der Waals surface area (Å²) >= 11 is 3.58. The molecule has 0 aliphatic rings. The molecule has 0 amide bonds. The van der Waals surface area contributed by atoms with Crippen LogP contribution >= 0.6 is 15.9 Å². The lowest BCUT2D eigenvalue weighted by molar-refractivity contribution is 0.481. The number of rotatable bonds is 7. The minimum Gasteiger partial charge on any atom is -0.313 e. The third-order valence-electron chi connectivity index (χ3n) is 3.62. The molecule has 0 aliphatic carbocycles. The molecule has 7 heteroatoms. The molecule has 116 valence electrons. The smallest absolute Gasteiger partial charge is 0.151 e. The number of likely N-dealkylation sites (N-methyl/N-ethyl adjacent to an activating group) is 1. The lowest BCUT2D eigenvalue weighted by Gasteiger charge is -2.23. The normalized spacial score (nSPS) is 15.3. The summed E-state index contributed by atoms with van der Waals surface area (Å²) in [4.78, 5) is 0. The second-order valence-corrected chi connectivity index (χ2v) is 8.28. The Balaban J connectivity index is 3.05. The van der Waals surface area contributed by atoms with Gasteiger partial charge in [0.05, 0.1) is 21.1 Å². The van der Waals surface area contributed by atoms with E-state index < -0.39 is 15.1 Å². The maximum atomic E-state index is 11.8. The molecule has 0 saturated carbocycles. The summed E-state index contributed by atoms with van der Waals surface area (Å²) in [5.74, 6) is 0. The van der Waals surface area contributed by atoms with Gasteiger partial charge in [-0.15, -0.1) is 0 Å². The summed E-state index contributed by atoms with van der Waals surface area (Å²) in [5.41, 5.74) is 2.04. The quantitative estimate of drug-likeness (QED) is 0.798. The van der Waals surface area contributed by atoms with Gasteiger partial charge in [-0.25, -0.2) is 8.42 Å². The van der Waals surface area contributed by atoms with Crippen LogP contribution in [0.4, 0.5) is 0 Å².